The molecule has 7 heteroatoms. The predicted molar refractivity (Wildman–Crippen MR) is 127 cm³/mol. The van der Waals surface area contributed by atoms with E-state index in [1.807, 2.05) is 24.3 Å². The molecule has 1 amide bonds. The molecule has 6 nitrogen and oxygen atoms in total. The van der Waals surface area contributed by atoms with Gasteiger partial charge in [-0.15, -0.1) is 0 Å². The van der Waals surface area contributed by atoms with Gasteiger partial charge in [-0.1, -0.05) is 12.5 Å². The van der Waals surface area contributed by atoms with Gasteiger partial charge in [0, 0.05) is 49.5 Å². The van der Waals surface area contributed by atoms with E-state index in [1.165, 1.54) is 12.1 Å². The third-order valence-corrected chi connectivity index (χ3v) is 6.51. The number of ether oxygens (including phenoxy) is 2. The summed E-state index contributed by atoms with van der Waals surface area (Å²) in [5.41, 5.74) is 7.46. The number of halogens is 1. The van der Waals surface area contributed by atoms with E-state index < -0.39 is 0 Å². The minimum Gasteiger partial charge on any atom is -0.492 e. The van der Waals surface area contributed by atoms with Gasteiger partial charge in [0.25, 0.3) is 5.91 Å². The highest BCUT2D eigenvalue weighted by Gasteiger charge is 2.26. The minimum absolute atomic E-state index is 0.139. The van der Waals surface area contributed by atoms with Gasteiger partial charge in [-0.05, 0) is 61.6 Å². The molecule has 2 aliphatic rings. The van der Waals surface area contributed by atoms with Gasteiger partial charge < -0.3 is 20.1 Å². The average Bonchev–Trinajstić information content (AvgIpc) is 2.84. The number of amides is 1. The summed E-state index contributed by atoms with van der Waals surface area (Å²) in [6.45, 7) is 5.38. The van der Waals surface area contributed by atoms with E-state index in [4.69, 9.17) is 15.2 Å². The molecule has 2 unspecified atom stereocenters. The molecule has 2 N–H and O–H groups in total. The maximum atomic E-state index is 13.5. The van der Waals surface area contributed by atoms with Crippen LogP contribution in [-0.2, 0) is 4.74 Å². The Balaban J connectivity index is 1.48. The first-order valence-electron chi connectivity index (χ1n) is 11.9. The van der Waals surface area contributed by atoms with Crippen LogP contribution >= 0.6 is 0 Å². The number of nitrogens with two attached hydrogens (primary N) is 1. The molecule has 1 heterocycles. The SMILES string of the molecule is NC1CCCC(CN(C(=O)c2ccc(F)cc2)c2cccc(OCCN3CCOCC3)c2)C1. The van der Waals surface area contributed by atoms with E-state index >= 15 is 0 Å². The van der Waals surface area contributed by atoms with Gasteiger partial charge in [-0.2, -0.15) is 0 Å². The predicted octanol–water partition coefficient (Wildman–Crippen LogP) is 3.70. The zero-order chi connectivity index (χ0) is 23.0. The third-order valence-electron chi connectivity index (χ3n) is 6.51. The molecule has 1 saturated carbocycles. The lowest BCUT2D eigenvalue weighted by Crippen LogP contribution is -2.39. The van der Waals surface area contributed by atoms with Gasteiger partial charge >= 0.3 is 0 Å². The van der Waals surface area contributed by atoms with Crippen molar-refractivity contribution in [1.29, 1.82) is 0 Å². The maximum Gasteiger partial charge on any atom is 0.258 e. The number of carbonyl (C=O) groups excluding carboxylic acids is 1. The van der Waals surface area contributed by atoms with Crippen molar-refractivity contribution in [3.05, 3.63) is 59.9 Å². The zero-order valence-corrected chi connectivity index (χ0v) is 19.1. The molecular formula is C26H34FN3O3. The highest BCUT2D eigenvalue weighted by atomic mass is 19.1. The van der Waals surface area contributed by atoms with Crippen molar-refractivity contribution in [2.45, 2.75) is 31.7 Å². The Morgan fingerprint density at radius 1 is 1.15 bits per heavy atom. The topological polar surface area (TPSA) is 68.0 Å². The molecule has 0 radical (unpaired) electrons. The van der Waals surface area contributed by atoms with Gasteiger partial charge in [0.1, 0.15) is 18.2 Å². The fourth-order valence-corrected chi connectivity index (χ4v) is 4.67. The Bertz CT molecular complexity index is 902. The van der Waals surface area contributed by atoms with Crippen molar-refractivity contribution >= 4 is 11.6 Å². The van der Waals surface area contributed by atoms with Gasteiger partial charge in [-0.25, -0.2) is 4.39 Å². The van der Waals surface area contributed by atoms with Crippen molar-refractivity contribution in [3.8, 4) is 5.75 Å². The second-order valence-corrected chi connectivity index (χ2v) is 9.02. The normalized spacial score (nSPS) is 21.5. The van der Waals surface area contributed by atoms with Gasteiger partial charge in [0.2, 0.25) is 0 Å². The molecule has 0 bridgehead atoms. The van der Waals surface area contributed by atoms with E-state index in [1.54, 1.807) is 17.0 Å². The van der Waals surface area contributed by atoms with Crippen LogP contribution < -0.4 is 15.4 Å². The van der Waals surface area contributed by atoms with Crippen LogP contribution in [0.4, 0.5) is 10.1 Å². The number of hydrogen-bond donors (Lipinski definition) is 1. The summed E-state index contributed by atoms with van der Waals surface area (Å²) in [5, 5.41) is 0. The van der Waals surface area contributed by atoms with Crippen LogP contribution in [0.15, 0.2) is 48.5 Å². The van der Waals surface area contributed by atoms with Crippen LogP contribution in [0.3, 0.4) is 0 Å². The summed E-state index contributed by atoms with van der Waals surface area (Å²) in [4.78, 5) is 17.6. The second-order valence-electron chi connectivity index (χ2n) is 9.02. The minimum atomic E-state index is -0.355. The van der Waals surface area contributed by atoms with Crippen LogP contribution in [0.2, 0.25) is 0 Å². The lowest BCUT2D eigenvalue weighted by molar-refractivity contribution is 0.0322. The summed E-state index contributed by atoms with van der Waals surface area (Å²) in [6, 6.07) is 13.6. The highest BCUT2D eigenvalue weighted by Crippen LogP contribution is 2.29. The van der Waals surface area contributed by atoms with Crippen molar-refractivity contribution in [2.24, 2.45) is 11.7 Å². The summed E-state index contributed by atoms with van der Waals surface area (Å²) in [6.07, 6.45) is 4.07. The smallest absolute Gasteiger partial charge is 0.258 e. The molecule has 2 aromatic carbocycles. The average molecular weight is 456 g/mol. The van der Waals surface area contributed by atoms with E-state index in [0.717, 1.165) is 70.0 Å². The number of morpholine rings is 1. The molecule has 2 atom stereocenters. The Labute approximate surface area is 195 Å². The van der Waals surface area contributed by atoms with Gasteiger partial charge in [-0.3, -0.25) is 9.69 Å². The molecule has 1 aliphatic heterocycles. The number of nitrogens with zero attached hydrogens (tertiary/aromatic N) is 2. The van der Waals surface area contributed by atoms with E-state index in [-0.39, 0.29) is 17.8 Å². The summed E-state index contributed by atoms with van der Waals surface area (Å²) in [7, 11) is 0. The lowest BCUT2D eigenvalue weighted by Gasteiger charge is -2.32. The zero-order valence-electron chi connectivity index (χ0n) is 19.1. The third kappa shape index (κ3) is 6.76. The van der Waals surface area contributed by atoms with E-state index in [0.29, 0.717) is 24.6 Å². The van der Waals surface area contributed by atoms with Crippen LogP contribution in [0, 0.1) is 11.7 Å². The Morgan fingerprint density at radius 3 is 2.70 bits per heavy atom. The van der Waals surface area contributed by atoms with E-state index in [9.17, 15) is 9.18 Å². The Hall–Kier alpha value is -2.48. The first-order chi connectivity index (χ1) is 16.1. The molecule has 4 rings (SSSR count). The molecular weight excluding hydrogens is 421 g/mol. The Morgan fingerprint density at radius 2 is 1.94 bits per heavy atom. The first kappa shape index (κ1) is 23.7. The largest absolute Gasteiger partial charge is 0.492 e. The van der Waals surface area contributed by atoms with Crippen LogP contribution in [0.1, 0.15) is 36.0 Å². The number of rotatable bonds is 8. The monoisotopic (exact) mass is 455 g/mol. The number of hydrogen-bond acceptors (Lipinski definition) is 5. The molecule has 2 aromatic rings. The molecule has 1 aliphatic carbocycles. The van der Waals surface area contributed by atoms with Crippen molar-refractivity contribution < 1.29 is 18.7 Å². The van der Waals surface area contributed by atoms with E-state index in [2.05, 4.69) is 4.90 Å². The van der Waals surface area contributed by atoms with Crippen LogP contribution in [-0.4, -0.2) is 62.8 Å². The molecule has 0 spiro atoms. The van der Waals surface area contributed by atoms with Gasteiger partial charge in [0.15, 0.2) is 0 Å². The highest BCUT2D eigenvalue weighted by molar-refractivity contribution is 6.06. The molecule has 178 valence electrons. The molecule has 2 fully saturated rings. The standard InChI is InChI=1S/C26H34FN3O3/c27-22-9-7-21(8-10-22)26(31)30(19-20-3-1-4-23(28)17-20)24-5-2-6-25(18-24)33-16-13-29-11-14-32-15-12-29/h2,5-10,18,20,23H,1,3-4,11-17,19,28H2. The molecule has 0 aromatic heterocycles. The number of carbonyl (C=O) groups is 1. The van der Waals surface area contributed by atoms with Crippen LogP contribution in [0.5, 0.6) is 5.75 Å². The van der Waals surface area contributed by atoms with Gasteiger partial charge in [0.05, 0.1) is 13.2 Å². The Kier molecular flexibility index (Phi) is 8.31. The van der Waals surface area contributed by atoms with Crippen molar-refractivity contribution in [1.82, 2.24) is 4.90 Å². The first-order valence-corrected chi connectivity index (χ1v) is 11.9. The van der Waals surface area contributed by atoms with Crippen molar-refractivity contribution in [2.75, 3.05) is 50.9 Å². The lowest BCUT2D eigenvalue weighted by atomic mass is 9.85. The number of benzene rings is 2. The quantitative estimate of drug-likeness (QED) is 0.657. The summed E-state index contributed by atoms with van der Waals surface area (Å²) >= 11 is 0. The van der Waals surface area contributed by atoms with Crippen LogP contribution in [0.25, 0.3) is 0 Å². The molecule has 33 heavy (non-hydrogen) atoms. The number of anilines is 1. The summed E-state index contributed by atoms with van der Waals surface area (Å²) in [5.74, 6) is 0.577. The fourth-order valence-electron chi connectivity index (χ4n) is 4.67. The second kappa shape index (κ2) is 11.6. The fraction of sp³-hybridized carbons (Fsp3) is 0.500. The molecule has 1 saturated heterocycles. The van der Waals surface area contributed by atoms with Crippen molar-refractivity contribution in [3.63, 3.8) is 0 Å². The maximum absolute atomic E-state index is 13.5. The summed E-state index contributed by atoms with van der Waals surface area (Å²) < 4.78 is 24.8.